The van der Waals surface area contributed by atoms with Crippen molar-refractivity contribution in [3.8, 4) is 17.4 Å². The van der Waals surface area contributed by atoms with Crippen molar-refractivity contribution in [2.75, 3.05) is 18.0 Å². The molecule has 0 aliphatic carbocycles. The summed E-state index contributed by atoms with van der Waals surface area (Å²) in [5.41, 5.74) is -1.72. The van der Waals surface area contributed by atoms with Gasteiger partial charge in [-0.15, -0.1) is 0 Å². The molecule has 6 nitrogen and oxygen atoms in total. The van der Waals surface area contributed by atoms with Crippen LogP contribution in [0.15, 0.2) is 41.2 Å². The van der Waals surface area contributed by atoms with Crippen molar-refractivity contribution in [2.24, 2.45) is 7.05 Å². The van der Waals surface area contributed by atoms with Crippen LogP contribution in [0, 0.1) is 11.6 Å². The summed E-state index contributed by atoms with van der Waals surface area (Å²) >= 11 is 5.55. The number of hydrogen-bond donors (Lipinski definition) is 0. The van der Waals surface area contributed by atoms with Gasteiger partial charge in [0.1, 0.15) is 18.2 Å². The topological polar surface area (TPSA) is 56.6 Å². The molecule has 35 heavy (non-hydrogen) atoms. The maximum absolute atomic E-state index is 14.6. The zero-order valence-corrected chi connectivity index (χ0v) is 19.7. The molecule has 0 aliphatic rings. The van der Waals surface area contributed by atoms with E-state index in [-0.39, 0.29) is 18.1 Å². The van der Waals surface area contributed by atoms with Gasteiger partial charge < -0.3 is 14.4 Å². The summed E-state index contributed by atoms with van der Waals surface area (Å²) in [5, 5.41) is -0.577. The Morgan fingerprint density at radius 2 is 1.69 bits per heavy atom. The van der Waals surface area contributed by atoms with Crippen molar-refractivity contribution in [3.05, 3.63) is 74.7 Å². The van der Waals surface area contributed by atoms with Crippen molar-refractivity contribution in [1.29, 1.82) is 0 Å². The maximum atomic E-state index is 14.6. The van der Waals surface area contributed by atoms with Crippen LogP contribution < -0.4 is 20.1 Å². The molecule has 188 valence electrons. The first-order valence-corrected chi connectivity index (χ1v) is 10.8. The maximum Gasteiger partial charge on any atom is 0.417 e. The summed E-state index contributed by atoms with van der Waals surface area (Å²) < 4.78 is 80.1. The van der Waals surface area contributed by atoms with Crippen molar-refractivity contribution >= 4 is 17.4 Å². The fourth-order valence-electron chi connectivity index (χ4n) is 3.29. The van der Waals surface area contributed by atoms with Crippen LogP contribution in [0.1, 0.15) is 25.0 Å². The summed E-state index contributed by atoms with van der Waals surface area (Å²) in [5.74, 6) is -3.12. The Balaban J connectivity index is 1.81. The van der Waals surface area contributed by atoms with Gasteiger partial charge in [-0.25, -0.2) is 13.6 Å². The minimum Gasteiger partial charge on any atom is -0.473 e. The number of halogens is 6. The Hall–Kier alpha value is -3.34. The van der Waals surface area contributed by atoms with Gasteiger partial charge in [-0.05, 0) is 49.7 Å². The first-order valence-electron chi connectivity index (χ1n) is 10.4. The Labute approximate surface area is 202 Å². The van der Waals surface area contributed by atoms with Crippen LogP contribution in [-0.2, 0) is 19.8 Å². The van der Waals surface area contributed by atoms with Crippen LogP contribution in [0.3, 0.4) is 0 Å². The average molecular weight is 518 g/mol. The molecule has 0 fully saturated rings. The van der Waals surface area contributed by atoms with Crippen LogP contribution in [0.5, 0.6) is 17.4 Å². The number of alkyl halides is 3. The third-order valence-corrected chi connectivity index (χ3v) is 5.41. The van der Waals surface area contributed by atoms with E-state index < -0.39 is 45.6 Å². The lowest BCUT2D eigenvalue weighted by Gasteiger charge is -2.23. The predicted octanol–water partition coefficient (Wildman–Crippen LogP) is 5.95. The Bertz CT molecular complexity index is 1250. The molecule has 0 saturated carbocycles. The monoisotopic (exact) mass is 517 g/mol. The molecule has 1 aromatic heterocycles. The minimum atomic E-state index is -4.77. The molecule has 0 amide bonds. The number of ether oxygens (including phenoxy) is 2. The van der Waals surface area contributed by atoms with Crippen LogP contribution in [0.4, 0.5) is 27.8 Å². The van der Waals surface area contributed by atoms with E-state index in [1.54, 1.807) is 7.05 Å². The molecule has 0 aliphatic heterocycles. The molecule has 3 aromatic rings. The van der Waals surface area contributed by atoms with E-state index in [4.69, 9.17) is 21.1 Å². The summed E-state index contributed by atoms with van der Waals surface area (Å²) in [6.07, 6.45) is -4.77. The average Bonchev–Trinajstić information content (AvgIpc) is 2.78. The zero-order valence-electron chi connectivity index (χ0n) is 18.9. The number of aromatic nitrogens is 2. The van der Waals surface area contributed by atoms with E-state index >= 15 is 0 Å². The lowest BCUT2D eigenvalue weighted by atomic mass is 10.2. The van der Waals surface area contributed by atoms with Gasteiger partial charge >= 0.3 is 11.9 Å². The largest absolute Gasteiger partial charge is 0.473 e. The van der Waals surface area contributed by atoms with Crippen LogP contribution in [0.25, 0.3) is 0 Å². The molecule has 0 spiro atoms. The highest BCUT2D eigenvalue weighted by molar-refractivity contribution is 6.31. The SMILES string of the molecule is CCN(CC)c1cc(OCc2cc(F)c(Oc3ccc(Cl)c(C(F)(F)F)c3)c(F)c2)nc(=O)n1C. The number of nitrogens with zero attached hydrogens (tertiary/aromatic N) is 3. The van der Waals surface area contributed by atoms with E-state index in [0.717, 1.165) is 24.3 Å². The van der Waals surface area contributed by atoms with Gasteiger partial charge in [0.2, 0.25) is 5.88 Å². The third kappa shape index (κ3) is 6.02. The molecular weight excluding hydrogens is 497 g/mol. The van der Waals surface area contributed by atoms with Gasteiger partial charge in [0.05, 0.1) is 10.6 Å². The summed E-state index contributed by atoms with van der Waals surface area (Å²) in [4.78, 5) is 17.9. The van der Waals surface area contributed by atoms with Crippen LogP contribution in [-0.4, -0.2) is 22.6 Å². The van der Waals surface area contributed by atoms with Crippen molar-refractivity contribution in [1.82, 2.24) is 9.55 Å². The van der Waals surface area contributed by atoms with E-state index in [2.05, 4.69) is 4.98 Å². The summed E-state index contributed by atoms with van der Waals surface area (Å²) in [6.45, 7) is 4.76. The highest BCUT2D eigenvalue weighted by Gasteiger charge is 2.33. The molecule has 0 bridgehead atoms. The van der Waals surface area contributed by atoms with Crippen molar-refractivity contribution in [3.63, 3.8) is 0 Å². The minimum absolute atomic E-state index is 0.0306. The number of anilines is 1. The van der Waals surface area contributed by atoms with Crippen molar-refractivity contribution in [2.45, 2.75) is 26.6 Å². The summed E-state index contributed by atoms with van der Waals surface area (Å²) in [6, 6.07) is 5.88. The first-order chi connectivity index (χ1) is 16.4. The highest BCUT2D eigenvalue weighted by Crippen LogP contribution is 2.38. The van der Waals surface area contributed by atoms with Gasteiger partial charge in [-0.3, -0.25) is 4.57 Å². The van der Waals surface area contributed by atoms with Crippen molar-refractivity contribution < 1.29 is 31.4 Å². The molecule has 12 heteroatoms. The normalized spacial score (nSPS) is 11.5. The van der Waals surface area contributed by atoms with Gasteiger partial charge in [0, 0.05) is 26.2 Å². The first kappa shape index (κ1) is 26.3. The molecule has 3 rings (SSSR count). The van der Waals surface area contributed by atoms with Crippen LogP contribution >= 0.6 is 11.6 Å². The quantitative estimate of drug-likeness (QED) is 0.346. The second kappa shape index (κ2) is 10.5. The fourth-order valence-corrected chi connectivity index (χ4v) is 3.51. The third-order valence-electron chi connectivity index (χ3n) is 5.08. The van der Waals surface area contributed by atoms with Gasteiger partial charge in [-0.1, -0.05) is 11.6 Å². The molecule has 0 radical (unpaired) electrons. The molecule has 0 atom stereocenters. The molecular formula is C23H21ClF5N3O3. The van der Waals surface area contributed by atoms with E-state index in [1.807, 2.05) is 18.7 Å². The number of hydrogen-bond acceptors (Lipinski definition) is 5. The Kier molecular flexibility index (Phi) is 7.89. The lowest BCUT2D eigenvalue weighted by Crippen LogP contribution is -2.31. The van der Waals surface area contributed by atoms with E-state index in [0.29, 0.717) is 25.0 Å². The molecule has 1 heterocycles. The standard InChI is InChI=1S/C23H21ClF5N3O3/c1-4-32(5-2)20-11-19(30-22(33)31(20)3)34-12-13-8-17(25)21(18(26)9-13)35-14-6-7-16(24)15(10-14)23(27,28)29/h6-11H,4-5,12H2,1-3H3. The van der Waals surface area contributed by atoms with Gasteiger partial charge in [0.15, 0.2) is 17.4 Å². The zero-order chi connectivity index (χ0) is 25.9. The molecule has 2 aromatic carbocycles. The van der Waals surface area contributed by atoms with E-state index in [1.165, 1.54) is 10.6 Å². The summed E-state index contributed by atoms with van der Waals surface area (Å²) in [7, 11) is 1.56. The van der Waals surface area contributed by atoms with Gasteiger partial charge in [0.25, 0.3) is 0 Å². The molecule has 0 unspecified atom stereocenters. The smallest absolute Gasteiger partial charge is 0.417 e. The Morgan fingerprint density at radius 1 is 1.06 bits per heavy atom. The number of rotatable bonds is 8. The molecule has 0 N–H and O–H groups in total. The van der Waals surface area contributed by atoms with Crippen LogP contribution in [0.2, 0.25) is 5.02 Å². The second-order valence-corrected chi connectivity index (χ2v) is 7.79. The van der Waals surface area contributed by atoms with E-state index in [9.17, 15) is 26.7 Å². The lowest BCUT2D eigenvalue weighted by molar-refractivity contribution is -0.137. The fraction of sp³-hybridized carbons (Fsp3) is 0.304. The highest BCUT2D eigenvalue weighted by atomic mass is 35.5. The Morgan fingerprint density at radius 3 is 2.26 bits per heavy atom. The second-order valence-electron chi connectivity index (χ2n) is 7.39. The predicted molar refractivity (Wildman–Crippen MR) is 120 cm³/mol. The number of benzene rings is 2. The molecule has 0 saturated heterocycles. The van der Waals surface area contributed by atoms with Gasteiger partial charge in [-0.2, -0.15) is 18.2 Å².